The second-order valence-corrected chi connectivity index (χ2v) is 5.53. The van der Waals surface area contributed by atoms with Gasteiger partial charge >= 0.3 is 17.5 Å². The average Bonchev–Trinajstić information content (AvgIpc) is 2.83. The zero-order chi connectivity index (χ0) is 14.5. The molecule has 0 saturated carbocycles. The molecule has 0 aliphatic heterocycles. The van der Waals surface area contributed by atoms with Crippen LogP contribution in [0.1, 0.15) is 48.7 Å². The molecule has 2 rings (SSSR count). The molecule has 0 atom stereocenters. The van der Waals surface area contributed by atoms with Gasteiger partial charge in [0.15, 0.2) is 0 Å². The van der Waals surface area contributed by atoms with Crippen LogP contribution in [0.5, 0.6) is 0 Å². The molecule has 0 aliphatic rings. The molecule has 2 aromatic rings. The van der Waals surface area contributed by atoms with Crippen molar-refractivity contribution in [2.24, 2.45) is 0 Å². The molecule has 0 radical (unpaired) electrons. The van der Waals surface area contributed by atoms with Crippen molar-refractivity contribution >= 4 is 27.5 Å². The van der Waals surface area contributed by atoms with Gasteiger partial charge in [0.1, 0.15) is 4.83 Å². The van der Waals surface area contributed by atoms with Crippen LogP contribution < -0.4 is 5.63 Å². The summed E-state index contributed by atoms with van der Waals surface area (Å²) in [6.07, 6.45) is 4.31. The monoisotopic (exact) mass is 295 g/mol. The molecular formula is C14H17NO4S. The lowest BCUT2D eigenvalue weighted by atomic mass is 10.2. The quantitative estimate of drug-likeness (QED) is 0.605. The number of unbranched alkanes of at least 4 members (excludes halogenated alkanes) is 2. The third kappa shape index (κ3) is 3.25. The van der Waals surface area contributed by atoms with E-state index in [2.05, 4.69) is 11.9 Å². The molecule has 0 amide bonds. The normalized spacial score (nSPS) is 10.9. The maximum absolute atomic E-state index is 11.8. The van der Waals surface area contributed by atoms with Gasteiger partial charge in [0.05, 0.1) is 12.0 Å². The lowest BCUT2D eigenvalue weighted by molar-refractivity contribution is 0.0474. The first kappa shape index (κ1) is 14.7. The molecule has 108 valence electrons. The maximum Gasteiger partial charge on any atom is 0.394 e. The van der Waals surface area contributed by atoms with Crippen LogP contribution in [-0.4, -0.2) is 17.6 Å². The highest BCUT2D eigenvalue weighted by Crippen LogP contribution is 2.23. The Morgan fingerprint density at radius 2 is 2.20 bits per heavy atom. The Kier molecular flexibility index (Phi) is 4.89. The van der Waals surface area contributed by atoms with Crippen molar-refractivity contribution in [3.05, 3.63) is 27.3 Å². The number of hydrogen-bond donors (Lipinski definition) is 0. The summed E-state index contributed by atoms with van der Waals surface area (Å²) in [5.41, 5.74) is -0.531. The molecule has 0 spiro atoms. The topological polar surface area (TPSA) is 69.4 Å². The Hall–Kier alpha value is -1.69. The van der Waals surface area contributed by atoms with Crippen LogP contribution in [0.4, 0.5) is 0 Å². The predicted octanol–water partition coefficient (Wildman–Crippen LogP) is 3.16. The minimum Gasteiger partial charge on any atom is -0.459 e. The molecule has 2 heterocycles. The number of thiophene rings is 1. The van der Waals surface area contributed by atoms with Crippen LogP contribution in [0.15, 0.2) is 15.3 Å². The van der Waals surface area contributed by atoms with Crippen molar-refractivity contribution in [3.8, 4) is 0 Å². The van der Waals surface area contributed by atoms with Gasteiger partial charge in [0.25, 0.3) is 0 Å². The minimum atomic E-state index is -0.701. The van der Waals surface area contributed by atoms with E-state index in [0.29, 0.717) is 10.2 Å². The maximum atomic E-state index is 11.8. The predicted molar refractivity (Wildman–Crippen MR) is 77.3 cm³/mol. The number of aryl methyl sites for hydroxylation is 1. The second-order valence-electron chi connectivity index (χ2n) is 4.42. The van der Waals surface area contributed by atoms with Crippen LogP contribution in [-0.2, 0) is 11.2 Å². The number of nitrogens with zero attached hydrogens (tertiary/aromatic N) is 1. The van der Waals surface area contributed by atoms with Gasteiger partial charge in [0.2, 0.25) is 0 Å². The highest BCUT2D eigenvalue weighted by Gasteiger charge is 2.17. The first-order chi connectivity index (χ1) is 9.65. The van der Waals surface area contributed by atoms with E-state index in [1.807, 2.05) is 6.07 Å². The fourth-order valence-electron chi connectivity index (χ4n) is 1.87. The molecule has 20 heavy (non-hydrogen) atoms. The molecule has 0 unspecified atom stereocenters. The second kappa shape index (κ2) is 6.65. The van der Waals surface area contributed by atoms with Crippen LogP contribution in [0.2, 0.25) is 0 Å². The van der Waals surface area contributed by atoms with Crippen LogP contribution in [0.25, 0.3) is 10.2 Å². The first-order valence-corrected chi connectivity index (χ1v) is 7.58. The van der Waals surface area contributed by atoms with E-state index in [1.54, 1.807) is 6.92 Å². The van der Waals surface area contributed by atoms with Gasteiger partial charge in [-0.25, -0.2) is 9.59 Å². The number of hydrogen-bond acceptors (Lipinski definition) is 6. The number of carbonyl (C=O) groups excluding carboxylic acids is 1. The third-order valence-corrected chi connectivity index (χ3v) is 3.94. The van der Waals surface area contributed by atoms with Crippen molar-refractivity contribution in [1.82, 2.24) is 4.98 Å². The smallest absolute Gasteiger partial charge is 0.394 e. The van der Waals surface area contributed by atoms with E-state index < -0.39 is 11.6 Å². The Morgan fingerprint density at radius 1 is 1.40 bits per heavy atom. The summed E-state index contributed by atoms with van der Waals surface area (Å²) in [7, 11) is 0. The molecule has 2 aromatic heterocycles. The Labute approximate surface area is 120 Å². The van der Waals surface area contributed by atoms with E-state index in [0.717, 1.165) is 30.6 Å². The fraction of sp³-hybridized carbons (Fsp3) is 0.500. The zero-order valence-corrected chi connectivity index (χ0v) is 12.4. The highest BCUT2D eigenvalue weighted by molar-refractivity contribution is 7.18. The van der Waals surface area contributed by atoms with Crippen molar-refractivity contribution in [3.63, 3.8) is 0 Å². The Morgan fingerprint density at radius 3 is 2.90 bits per heavy atom. The standard InChI is InChI=1S/C14H17NO4S/c1-3-5-6-7-9-8-10-12(20-9)15-11(19-13(10)16)14(17)18-4-2/h8H,3-7H2,1-2H3. The van der Waals surface area contributed by atoms with E-state index in [4.69, 9.17) is 9.15 Å². The molecule has 0 N–H and O–H groups in total. The summed E-state index contributed by atoms with van der Waals surface area (Å²) in [5, 5.41) is 0.439. The fourth-order valence-corrected chi connectivity index (χ4v) is 2.92. The van der Waals surface area contributed by atoms with Crippen LogP contribution in [0, 0.1) is 0 Å². The number of carbonyl (C=O) groups is 1. The molecule has 0 bridgehead atoms. The molecule has 0 fully saturated rings. The largest absolute Gasteiger partial charge is 0.459 e. The number of rotatable bonds is 6. The van der Waals surface area contributed by atoms with Gasteiger partial charge in [-0.05, 0) is 25.8 Å². The van der Waals surface area contributed by atoms with Crippen LogP contribution >= 0.6 is 11.3 Å². The van der Waals surface area contributed by atoms with Crippen molar-refractivity contribution in [2.45, 2.75) is 39.5 Å². The van der Waals surface area contributed by atoms with E-state index in [1.165, 1.54) is 11.3 Å². The summed E-state index contributed by atoms with van der Waals surface area (Å²) < 4.78 is 9.70. The molecule has 0 aromatic carbocycles. The molecule has 6 heteroatoms. The van der Waals surface area contributed by atoms with Crippen molar-refractivity contribution < 1.29 is 13.9 Å². The summed E-state index contributed by atoms with van der Waals surface area (Å²) in [5.74, 6) is -0.973. The summed E-state index contributed by atoms with van der Waals surface area (Å²) in [4.78, 5) is 29.1. The number of esters is 1. The number of ether oxygens (including phenoxy) is 1. The SMILES string of the molecule is CCCCCc1cc2c(=O)oc(C(=O)OCC)nc2s1. The van der Waals surface area contributed by atoms with Gasteiger partial charge in [-0.1, -0.05) is 19.8 Å². The summed E-state index contributed by atoms with van der Waals surface area (Å²) >= 11 is 1.43. The average molecular weight is 295 g/mol. The highest BCUT2D eigenvalue weighted by atomic mass is 32.1. The lowest BCUT2D eigenvalue weighted by Gasteiger charge is -1.98. The molecular weight excluding hydrogens is 278 g/mol. The van der Waals surface area contributed by atoms with Gasteiger partial charge in [-0.2, -0.15) is 4.98 Å². The Bertz CT molecular complexity index is 659. The number of fused-ring (bicyclic) bond motifs is 1. The summed E-state index contributed by atoms with van der Waals surface area (Å²) in [6.45, 7) is 4.05. The first-order valence-electron chi connectivity index (χ1n) is 6.76. The molecule has 5 nitrogen and oxygen atoms in total. The third-order valence-electron chi connectivity index (χ3n) is 2.85. The summed E-state index contributed by atoms with van der Waals surface area (Å²) in [6, 6.07) is 1.81. The zero-order valence-electron chi connectivity index (χ0n) is 11.6. The van der Waals surface area contributed by atoms with Gasteiger partial charge in [0, 0.05) is 4.88 Å². The Balaban J connectivity index is 2.29. The molecule has 0 aliphatic carbocycles. The van der Waals surface area contributed by atoms with Crippen molar-refractivity contribution in [1.29, 1.82) is 0 Å². The number of aromatic nitrogens is 1. The van der Waals surface area contributed by atoms with E-state index in [-0.39, 0.29) is 12.5 Å². The minimum absolute atomic E-state index is 0.217. The van der Waals surface area contributed by atoms with Gasteiger partial charge in [-0.15, -0.1) is 11.3 Å². The van der Waals surface area contributed by atoms with E-state index in [9.17, 15) is 9.59 Å². The van der Waals surface area contributed by atoms with Gasteiger partial charge in [-0.3, -0.25) is 0 Å². The van der Waals surface area contributed by atoms with E-state index >= 15 is 0 Å². The molecule has 0 saturated heterocycles. The van der Waals surface area contributed by atoms with Gasteiger partial charge < -0.3 is 9.15 Å². The van der Waals surface area contributed by atoms with Crippen LogP contribution in [0.3, 0.4) is 0 Å². The van der Waals surface area contributed by atoms with Crippen molar-refractivity contribution in [2.75, 3.05) is 6.61 Å². The lowest BCUT2D eigenvalue weighted by Crippen LogP contribution is -2.11.